The summed E-state index contributed by atoms with van der Waals surface area (Å²) in [5.74, 6) is -1.56. The zero-order valence-corrected chi connectivity index (χ0v) is 14.1. The molecule has 0 saturated carbocycles. The molecule has 0 bridgehead atoms. The number of hydrogen-bond donors (Lipinski definition) is 1. The van der Waals surface area contributed by atoms with Gasteiger partial charge in [0.1, 0.15) is 17.1 Å². The smallest absolute Gasteiger partial charge is 0.335 e. The highest BCUT2D eigenvalue weighted by atomic mass is 19.1. The van der Waals surface area contributed by atoms with Gasteiger partial charge in [0.05, 0.1) is 12.8 Å². The molecule has 1 heterocycles. The second-order valence-electron chi connectivity index (χ2n) is 5.67. The number of nitrogens with one attached hydrogen (secondary N) is 1. The Hall–Kier alpha value is -3.48. The predicted molar refractivity (Wildman–Crippen MR) is 93.1 cm³/mol. The molecular formula is C19H15FN2O4. The molecule has 3 rings (SSSR count). The Morgan fingerprint density at radius 1 is 1.12 bits per heavy atom. The van der Waals surface area contributed by atoms with Gasteiger partial charge in [0.15, 0.2) is 0 Å². The average Bonchev–Trinajstić information content (AvgIpc) is 2.58. The Morgan fingerprint density at radius 2 is 1.88 bits per heavy atom. The van der Waals surface area contributed by atoms with E-state index in [1.54, 1.807) is 25.3 Å². The number of anilines is 1. The van der Waals surface area contributed by atoms with Gasteiger partial charge in [-0.15, -0.1) is 0 Å². The van der Waals surface area contributed by atoms with Crippen LogP contribution in [0.5, 0.6) is 5.75 Å². The highest BCUT2D eigenvalue weighted by molar-refractivity contribution is 6.39. The van der Waals surface area contributed by atoms with Crippen molar-refractivity contribution in [3.63, 3.8) is 0 Å². The van der Waals surface area contributed by atoms with E-state index in [4.69, 9.17) is 4.74 Å². The monoisotopic (exact) mass is 354 g/mol. The van der Waals surface area contributed by atoms with Crippen LogP contribution >= 0.6 is 0 Å². The van der Waals surface area contributed by atoms with Crippen LogP contribution in [0, 0.1) is 12.7 Å². The molecule has 132 valence electrons. The molecule has 0 aliphatic carbocycles. The van der Waals surface area contributed by atoms with Crippen LogP contribution in [-0.4, -0.2) is 25.0 Å². The molecule has 0 aromatic heterocycles. The lowest BCUT2D eigenvalue weighted by atomic mass is 10.0. The second-order valence-corrected chi connectivity index (χ2v) is 5.67. The lowest BCUT2D eigenvalue weighted by Crippen LogP contribution is -2.54. The highest BCUT2D eigenvalue weighted by Crippen LogP contribution is 2.24. The van der Waals surface area contributed by atoms with Crippen molar-refractivity contribution in [2.45, 2.75) is 6.92 Å². The molecule has 6 nitrogen and oxygen atoms in total. The van der Waals surface area contributed by atoms with Crippen LogP contribution in [0.3, 0.4) is 0 Å². The van der Waals surface area contributed by atoms with E-state index in [0.717, 1.165) is 16.5 Å². The summed E-state index contributed by atoms with van der Waals surface area (Å²) in [6.07, 6.45) is 1.38. The zero-order valence-electron chi connectivity index (χ0n) is 14.1. The van der Waals surface area contributed by atoms with Gasteiger partial charge in [-0.25, -0.2) is 14.1 Å². The van der Waals surface area contributed by atoms with Crippen LogP contribution in [0.25, 0.3) is 6.08 Å². The molecular weight excluding hydrogens is 339 g/mol. The van der Waals surface area contributed by atoms with Crippen LogP contribution in [0.4, 0.5) is 14.9 Å². The molecule has 4 amide bonds. The van der Waals surface area contributed by atoms with Crippen LogP contribution in [0.1, 0.15) is 11.1 Å². The van der Waals surface area contributed by atoms with Crippen molar-refractivity contribution in [1.29, 1.82) is 0 Å². The lowest BCUT2D eigenvalue weighted by Gasteiger charge is -2.26. The number of imide groups is 2. The number of halogens is 1. The fourth-order valence-corrected chi connectivity index (χ4v) is 2.67. The lowest BCUT2D eigenvalue weighted by molar-refractivity contribution is -0.122. The fourth-order valence-electron chi connectivity index (χ4n) is 2.67. The number of aryl methyl sites for hydroxylation is 1. The number of benzene rings is 2. The number of carbonyl (C=O) groups excluding carboxylic acids is 3. The van der Waals surface area contributed by atoms with Gasteiger partial charge in [0.2, 0.25) is 0 Å². The maximum absolute atomic E-state index is 13.4. The first-order valence-corrected chi connectivity index (χ1v) is 7.72. The van der Waals surface area contributed by atoms with Crippen molar-refractivity contribution in [2.75, 3.05) is 12.0 Å². The van der Waals surface area contributed by atoms with Crippen LogP contribution < -0.4 is 15.0 Å². The summed E-state index contributed by atoms with van der Waals surface area (Å²) in [7, 11) is 1.54. The van der Waals surface area contributed by atoms with Crippen LogP contribution in [0.2, 0.25) is 0 Å². The average molecular weight is 354 g/mol. The molecule has 1 aliphatic heterocycles. The van der Waals surface area contributed by atoms with Crippen LogP contribution in [-0.2, 0) is 9.59 Å². The number of ether oxygens (including phenoxy) is 1. The summed E-state index contributed by atoms with van der Waals surface area (Å²) in [5, 5.41) is 2.10. The summed E-state index contributed by atoms with van der Waals surface area (Å²) in [6.45, 7) is 1.83. The third kappa shape index (κ3) is 3.19. The van der Waals surface area contributed by atoms with Gasteiger partial charge in [-0.05, 0) is 54.5 Å². The summed E-state index contributed by atoms with van der Waals surface area (Å²) in [5.41, 5.74) is 1.23. The number of urea groups is 1. The minimum Gasteiger partial charge on any atom is -0.496 e. The van der Waals surface area contributed by atoms with Crippen molar-refractivity contribution in [3.8, 4) is 5.75 Å². The largest absolute Gasteiger partial charge is 0.496 e. The molecule has 7 heteroatoms. The molecule has 2 aromatic carbocycles. The van der Waals surface area contributed by atoms with Gasteiger partial charge in [0.25, 0.3) is 11.8 Å². The zero-order chi connectivity index (χ0) is 18.8. The van der Waals surface area contributed by atoms with E-state index < -0.39 is 23.7 Å². The van der Waals surface area contributed by atoms with Gasteiger partial charge in [-0.3, -0.25) is 14.9 Å². The van der Waals surface area contributed by atoms with Crippen LogP contribution in [0.15, 0.2) is 48.0 Å². The van der Waals surface area contributed by atoms with Gasteiger partial charge < -0.3 is 4.74 Å². The third-order valence-corrected chi connectivity index (χ3v) is 3.90. The summed E-state index contributed by atoms with van der Waals surface area (Å²) < 4.78 is 18.6. The topological polar surface area (TPSA) is 75.7 Å². The summed E-state index contributed by atoms with van der Waals surface area (Å²) in [6, 6.07) is 9.23. The summed E-state index contributed by atoms with van der Waals surface area (Å²) in [4.78, 5) is 37.6. The first-order valence-electron chi connectivity index (χ1n) is 7.72. The predicted octanol–water partition coefficient (Wildman–Crippen LogP) is 2.81. The van der Waals surface area contributed by atoms with E-state index in [2.05, 4.69) is 5.32 Å². The number of barbiturate groups is 1. The van der Waals surface area contributed by atoms with Crippen molar-refractivity contribution in [1.82, 2.24) is 5.32 Å². The Morgan fingerprint density at radius 3 is 2.54 bits per heavy atom. The number of carbonyl (C=O) groups is 3. The van der Waals surface area contributed by atoms with Crippen molar-refractivity contribution in [3.05, 3.63) is 65.0 Å². The fraction of sp³-hybridized carbons (Fsp3) is 0.105. The summed E-state index contributed by atoms with van der Waals surface area (Å²) >= 11 is 0. The van der Waals surface area contributed by atoms with E-state index in [9.17, 15) is 18.8 Å². The van der Waals surface area contributed by atoms with Gasteiger partial charge in [0, 0.05) is 0 Å². The molecule has 1 aliphatic rings. The molecule has 0 atom stereocenters. The minimum absolute atomic E-state index is 0.0387. The van der Waals surface area contributed by atoms with Crippen molar-refractivity contribution >= 4 is 29.6 Å². The number of hydrogen-bond acceptors (Lipinski definition) is 4. The molecule has 0 radical (unpaired) electrons. The Kier molecular flexibility index (Phi) is 4.53. The van der Waals surface area contributed by atoms with Gasteiger partial charge >= 0.3 is 6.03 Å². The Bertz CT molecular complexity index is 952. The molecule has 0 unspecified atom stereocenters. The second kappa shape index (κ2) is 6.79. The van der Waals surface area contributed by atoms with Gasteiger partial charge in [-0.1, -0.05) is 12.1 Å². The molecule has 2 aromatic rings. The maximum Gasteiger partial charge on any atom is 0.335 e. The number of amides is 4. The van der Waals surface area contributed by atoms with Gasteiger partial charge in [-0.2, -0.15) is 0 Å². The minimum atomic E-state index is -0.923. The first-order chi connectivity index (χ1) is 12.4. The van der Waals surface area contributed by atoms with E-state index in [-0.39, 0.29) is 11.3 Å². The SMILES string of the molecule is COc1ccc(/C=C2\C(=O)NC(=O)N(c3cccc(F)c3)C2=O)cc1C. The maximum atomic E-state index is 13.4. The van der Waals surface area contributed by atoms with E-state index >= 15 is 0 Å². The molecule has 1 saturated heterocycles. The normalized spacial score (nSPS) is 16.0. The quantitative estimate of drug-likeness (QED) is 0.679. The number of nitrogens with zero attached hydrogens (tertiary/aromatic N) is 1. The number of rotatable bonds is 3. The van der Waals surface area contributed by atoms with E-state index in [1.165, 1.54) is 24.3 Å². The van der Waals surface area contributed by atoms with E-state index in [0.29, 0.717) is 11.3 Å². The Labute approximate surface area is 148 Å². The Balaban J connectivity index is 2.01. The molecule has 26 heavy (non-hydrogen) atoms. The van der Waals surface area contributed by atoms with Crippen molar-refractivity contribution < 1.29 is 23.5 Å². The number of methoxy groups -OCH3 is 1. The molecule has 1 fully saturated rings. The molecule has 0 spiro atoms. The third-order valence-electron chi connectivity index (χ3n) is 3.90. The highest BCUT2D eigenvalue weighted by Gasteiger charge is 2.36. The first kappa shape index (κ1) is 17.3. The van der Waals surface area contributed by atoms with E-state index in [1.807, 2.05) is 6.92 Å². The standard InChI is InChI=1S/C19H15FN2O4/c1-11-8-12(6-7-16(11)26-2)9-15-17(23)21-19(25)22(18(15)24)14-5-3-4-13(20)10-14/h3-10H,1-2H3,(H,21,23,25)/b15-9+. The van der Waals surface area contributed by atoms with Crippen molar-refractivity contribution in [2.24, 2.45) is 0 Å². The molecule has 1 N–H and O–H groups in total.